The summed E-state index contributed by atoms with van der Waals surface area (Å²) in [4.78, 5) is 10.5. The molecule has 0 aromatic heterocycles. The standard InChI is InChI=1S/C13H11N3O5S/c17-13(18)9-1-3-10(4-2-9)14-16-15-11-5-7-12(8-6-11)22(19,20)21/h1-8H,(H,14,15)(H,17,18)(H,19,20,21). The molecule has 0 fully saturated rings. The summed E-state index contributed by atoms with van der Waals surface area (Å²) in [6.45, 7) is 0. The van der Waals surface area contributed by atoms with Crippen LogP contribution in [0.5, 0.6) is 0 Å². The summed E-state index contributed by atoms with van der Waals surface area (Å²) in [6.07, 6.45) is 0. The zero-order valence-electron chi connectivity index (χ0n) is 11.0. The average molecular weight is 321 g/mol. The first-order chi connectivity index (χ1) is 10.4. The SMILES string of the molecule is O=C(O)c1ccc(NN=Nc2ccc(S(=O)(=O)O)cc2)cc1. The van der Waals surface area contributed by atoms with Crippen LogP contribution in [-0.2, 0) is 10.1 Å². The van der Waals surface area contributed by atoms with Crippen molar-refractivity contribution in [2.45, 2.75) is 4.90 Å². The van der Waals surface area contributed by atoms with Gasteiger partial charge in [0.1, 0.15) is 0 Å². The Kier molecular flexibility index (Phi) is 4.49. The molecule has 22 heavy (non-hydrogen) atoms. The van der Waals surface area contributed by atoms with Gasteiger partial charge in [-0.25, -0.2) is 4.79 Å². The van der Waals surface area contributed by atoms with Crippen molar-refractivity contribution in [1.29, 1.82) is 0 Å². The molecule has 0 saturated heterocycles. The van der Waals surface area contributed by atoms with Gasteiger partial charge in [0.2, 0.25) is 0 Å². The Hall–Kier alpha value is -2.78. The third kappa shape index (κ3) is 4.11. The monoisotopic (exact) mass is 321 g/mol. The van der Waals surface area contributed by atoms with Crippen LogP contribution < -0.4 is 5.43 Å². The van der Waals surface area contributed by atoms with Crippen molar-refractivity contribution >= 4 is 27.5 Å². The Balaban J connectivity index is 2.02. The van der Waals surface area contributed by atoms with Crippen molar-refractivity contribution < 1.29 is 22.9 Å². The maximum Gasteiger partial charge on any atom is 0.335 e. The summed E-state index contributed by atoms with van der Waals surface area (Å²) in [7, 11) is -4.23. The van der Waals surface area contributed by atoms with E-state index >= 15 is 0 Å². The smallest absolute Gasteiger partial charge is 0.335 e. The van der Waals surface area contributed by atoms with Crippen LogP contribution in [0.3, 0.4) is 0 Å². The topological polar surface area (TPSA) is 128 Å². The van der Waals surface area contributed by atoms with E-state index in [0.717, 1.165) is 0 Å². The van der Waals surface area contributed by atoms with Crippen LogP contribution in [0.4, 0.5) is 11.4 Å². The first-order valence-electron chi connectivity index (χ1n) is 5.94. The zero-order chi connectivity index (χ0) is 16.2. The van der Waals surface area contributed by atoms with Crippen LogP contribution in [0.2, 0.25) is 0 Å². The second kappa shape index (κ2) is 6.33. The van der Waals surface area contributed by atoms with E-state index in [4.69, 9.17) is 9.66 Å². The van der Waals surface area contributed by atoms with E-state index in [0.29, 0.717) is 11.4 Å². The van der Waals surface area contributed by atoms with Gasteiger partial charge in [-0.3, -0.25) is 9.98 Å². The fraction of sp³-hybridized carbons (Fsp3) is 0. The number of nitrogens with zero attached hydrogens (tertiary/aromatic N) is 2. The van der Waals surface area contributed by atoms with Gasteiger partial charge in [0.15, 0.2) is 0 Å². The molecule has 2 aromatic carbocycles. The van der Waals surface area contributed by atoms with Gasteiger partial charge in [0.05, 0.1) is 21.8 Å². The molecular weight excluding hydrogens is 310 g/mol. The Morgan fingerprint density at radius 3 is 2.09 bits per heavy atom. The molecule has 0 radical (unpaired) electrons. The van der Waals surface area contributed by atoms with Crippen molar-refractivity contribution in [2.75, 3.05) is 5.43 Å². The van der Waals surface area contributed by atoms with E-state index in [-0.39, 0.29) is 10.5 Å². The Morgan fingerprint density at radius 2 is 1.59 bits per heavy atom. The number of hydrogen-bond acceptors (Lipinski definition) is 5. The van der Waals surface area contributed by atoms with Crippen LogP contribution in [0.1, 0.15) is 10.4 Å². The maximum atomic E-state index is 10.9. The Morgan fingerprint density at radius 1 is 1.00 bits per heavy atom. The van der Waals surface area contributed by atoms with Crippen molar-refractivity contribution in [3.8, 4) is 0 Å². The predicted molar refractivity (Wildman–Crippen MR) is 77.8 cm³/mol. The number of aromatic carboxylic acids is 1. The van der Waals surface area contributed by atoms with Gasteiger partial charge in [-0.05, 0) is 48.5 Å². The molecule has 2 aromatic rings. The van der Waals surface area contributed by atoms with Crippen molar-refractivity contribution in [3.05, 3.63) is 54.1 Å². The highest BCUT2D eigenvalue weighted by atomic mass is 32.2. The lowest BCUT2D eigenvalue weighted by Gasteiger charge is -2.00. The fourth-order valence-electron chi connectivity index (χ4n) is 1.51. The minimum Gasteiger partial charge on any atom is -0.478 e. The summed E-state index contributed by atoms with van der Waals surface area (Å²) in [5, 5.41) is 16.3. The van der Waals surface area contributed by atoms with E-state index in [9.17, 15) is 13.2 Å². The second-order valence-corrected chi connectivity index (χ2v) is 5.58. The van der Waals surface area contributed by atoms with Crippen molar-refractivity contribution in [1.82, 2.24) is 0 Å². The highest BCUT2D eigenvalue weighted by Crippen LogP contribution is 2.17. The van der Waals surface area contributed by atoms with Gasteiger partial charge in [-0.15, -0.1) is 5.11 Å². The average Bonchev–Trinajstić information content (AvgIpc) is 2.47. The molecule has 114 valence electrons. The number of carbonyl (C=O) groups is 1. The van der Waals surface area contributed by atoms with Crippen molar-refractivity contribution in [2.24, 2.45) is 10.3 Å². The number of carboxylic acid groups (broad SMARTS) is 1. The van der Waals surface area contributed by atoms with E-state index < -0.39 is 16.1 Å². The Labute approximate surface area is 125 Å². The predicted octanol–water partition coefficient (Wildman–Crippen LogP) is 2.74. The number of nitrogens with one attached hydrogen (secondary N) is 1. The van der Waals surface area contributed by atoms with Crippen LogP contribution in [0.15, 0.2) is 63.8 Å². The lowest BCUT2D eigenvalue weighted by atomic mass is 10.2. The molecule has 9 heteroatoms. The summed E-state index contributed by atoms with van der Waals surface area (Å²) in [5.41, 5.74) is 3.68. The van der Waals surface area contributed by atoms with E-state index in [1.54, 1.807) is 0 Å². The normalized spacial score (nSPS) is 11.5. The number of rotatable bonds is 5. The third-order valence-electron chi connectivity index (χ3n) is 2.61. The lowest BCUT2D eigenvalue weighted by Crippen LogP contribution is -1.96. The molecule has 0 saturated carbocycles. The molecule has 0 aliphatic heterocycles. The summed E-state index contributed by atoms with van der Waals surface area (Å²) in [5.74, 6) is -1.02. The number of anilines is 1. The summed E-state index contributed by atoms with van der Waals surface area (Å²) < 4.78 is 30.6. The largest absolute Gasteiger partial charge is 0.478 e. The number of hydrogen-bond donors (Lipinski definition) is 3. The number of carboxylic acids is 1. The van der Waals surface area contributed by atoms with Gasteiger partial charge < -0.3 is 5.11 Å². The molecular formula is C13H11N3O5S. The Bertz CT molecular complexity index is 799. The molecule has 0 spiro atoms. The summed E-state index contributed by atoms with van der Waals surface area (Å²) >= 11 is 0. The quantitative estimate of drug-likeness (QED) is 0.441. The maximum absolute atomic E-state index is 10.9. The summed E-state index contributed by atoms with van der Waals surface area (Å²) in [6, 6.07) is 11.1. The van der Waals surface area contributed by atoms with Crippen LogP contribution in [-0.4, -0.2) is 24.0 Å². The molecule has 0 atom stereocenters. The number of benzene rings is 2. The van der Waals surface area contributed by atoms with Crippen LogP contribution >= 0.6 is 0 Å². The van der Waals surface area contributed by atoms with Gasteiger partial charge >= 0.3 is 5.97 Å². The molecule has 0 unspecified atom stereocenters. The molecule has 8 nitrogen and oxygen atoms in total. The first-order valence-corrected chi connectivity index (χ1v) is 7.38. The molecule has 0 bridgehead atoms. The van der Waals surface area contributed by atoms with Gasteiger partial charge in [-0.2, -0.15) is 8.42 Å². The van der Waals surface area contributed by atoms with Gasteiger partial charge in [0, 0.05) is 0 Å². The first kappa shape index (κ1) is 15.6. The molecule has 3 N–H and O–H groups in total. The molecule has 2 rings (SSSR count). The third-order valence-corrected chi connectivity index (χ3v) is 3.48. The fourth-order valence-corrected chi connectivity index (χ4v) is 1.99. The second-order valence-electron chi connectivity index (χ2n) is 4.16. The molecule has 0 heterocycles. The lowest BCUT2D eigenvalue weighted by molar-refractivity contribution is 0.0697. The van der Waals surface area contributed by atoms with Crippen LogP contribution in [0.25, 0.3) is 0 Å². The minimum atomic E-state index is -4.23. The van der Waals surface area contributed by atoms with Gasteiger partial charge in [-0.1, -0.05) is 5.22 Å². The van der Waals surface area contributed by atoms with E-state index in [1.165, 1.54) is 48.5 Å². The van der Waals surface area contributed by atoms with Crippen LogP contribution in [0, 0.1) is 0 Å². The zero-order valence-corrected chi connectivity index (χ0v) is 11.9. The molecule has 0 amide bonds. The van der Waals surface area contributed by atoms with Gasteiger partial charge in [0.25, 0.3) is 10.1 Å². The minimum absolute atomic E-state index is 0.156. The highest BCUT2D eigenvalue weighted by molar-refractivity contribution is 7.85. The molecule has 0 aliphatic carbocycles. The molecule has 0 aliphatic rings. The van der Waals surface area contributed by atoms with Crippen molar-refractivity contribution in [3.63, 3.8) is 0 Å². The van der Waals surface area contributed by atoms with E-state index in [1.807, 2.05) is 0 Å². The highest BCUT2D eigenvalue weighted by Gasteiger charge is 2.08. The van der Waals surface area contributed by atoms with E-state index in [2.05, 4.69) is 15.8 Å².